The molecule has 6 nitrogen and oxygen atoms in total. The second-order valence-electron chi connectivity index (χ2n) is 6.57. The van der Waals surface area contributed by atoms with Crippen molar-refractivity contribution >= 4 is 51.4 Å². The first-order chi connectivity index (χ1) is 13.9. The fourth-order valence-corrected chi connectivity index (χ4v) is 5.36. The summed E-state index contributed by atoms with van der Waals surface area (Å²) in [6.45, 7) is 1.63. The molecule has 1 amide bonds. The van der Waals surface area contributed by atoms with Crippen LogP contribution in [0, 0.1) is 6.92 Å². The van der Waals surface area contributed by atoms with E-state index in [1.165, 1.54) is 18.4 Å². The number of aryl methyl sites for hydroxylation is 2. The zero-order chi connectivity index (χ0) is 20.7. The number of anilines is 1. The number of methoxy groups -OCH3 is 1. The molecule has 29 heavy (non-hydrogen) atoms. The lowest BCUT2D eigenvalue weighted by molar-refractivity contribution is 0.0601. The summed E-state index contributed by atoms with van der Waals surface area (Å²) in [4.78, 5) is 26.6. The number of hydrogen-bond acceptors (Lipinski definition) is 6. The second-order valence-corrected chi connectivity index (χ2v) is 8.49. The third-order valence-corrected chi connectivity index (χ3v) is 6.66. The molecule has 0 radical (unpaired) electrons. The number of nitrogens with zero attached hydrogens (tertiary/aromatic N) is 1. The normalized spacial score (nSPS) is 12.7. The first-order valence-corrected chi connectivity index (χ1v) is 10.4. The summed E-state index contributed by atoms with van der Waals surface area (Å²) in [6.07, 6.45) is 2.66. The minimum absolute atomic E-state index is 0.212. The third-order valence-electron chi connectivity index (χ3n) is 4.83. The van der Waals surface area contributed by atoms with Crippen LogP contribution in [0.2, 0.25) is 10.0 Å². The van der Waals surface area contributed by atoms with Crippen LogP contribution in [-0.4, -0.2) is 24.1 Å². The molecule has 1 aliphatic rings. The maximum atomic E-state index is 13.2. The Morgan fingerprint density at radius 1 is 1.21 bits per heavy atom. The van der Waals surface area contributed by atoms with Crippen LogP contribution in [0.1, 0.15) is 43.3 Å². The highest BCUT2D eigenvalue weighted by Crippen LogP contribution is 2.41. The standard InChI is InChI=1S/C20H16Cl2N2O4S/c1-9-14(17(24-28-9)16-11(21)6-4-7-12(16)22)18(25)23-19-15(20(26)27-2)10-5-3-8-13(10)29-19/h4,6-7H,3,5,8H2,1-2H3,(H,23,25). The quantitative estimate of drug-likeness (QED) is 0.527. The third kappa shape index (κ3) is 3.43. The Bertz CT molecular complexity index is 1120. The Labute approximate surface area is 180 Å². The van der Waals surface area contributed by atoms with Crippen molar-refractivity contribution in [1.82, 2.24) is 5.16 Å². The summed E-state index contributed by atoms with van der Waals surface area (Å²) in [5.41, 5.74) is 2.25. The zero-order valence-electron chi connectivity index (χ0n) is 15.6. The van der Waals surface area contributed by atoms with Gasteiger partial charge in [-0.3, -0.25) is 4.79 Å². The summed E-state index contributed by atoms with van der Waals surface area (Å²) in [5.74, 6) is -0.604. The van der Waals surface area contributed by atoms with Gasteiger partial charge < -0.3 is 14.6 Å². The van der Waals surface area contributed by atoms with Gasteiger partial charge in [0.05, 0.1) is 22.7 Å². The molecule has 1 aromatic carbocycles. The number of benzene rings is 1. The van der Waals surface area contributed by atoms with E-state index in [1.54, 1.807) is 25.1 Å². The fourth-order valence-electron chi connectivity index (χ4n) is 3.51. The molecule has 0 saturated heterocycles. The molecular weight excluding hydrogens is 435 g/mol. The number of halogens is 2. The highest BCUT2D eigenvalue weighted by molar-refractivity contribution is 7.17. The van der Waals surface area contributed by atoms with Crippen molar-refractivity contribution in [2.45, 2.75) is 26.2 Å². The van der Waals surface area contributed by atoms with E-state index in [4.69, 9.17) is 32.5 Å². The number of nitrogens with one attached hydrogen (secondary N) is 1. The lowest BCUT2D eigenvalue weighted by atomic mass is 10.1. The molecule has 150 valence electrons. The van der Waals surface area contributed by atoms with Crippen LogP contribution < -0.4 is 5.32 Å². The topological polar surface area (TPSA) is 81.4 Å². The molecule has 2 heterocycles. The van der Waals surface area contributed by atoms with Crippen molar-refractivity contribution < 1.29 is 18.8 Å². The molecule has 4 rings (SSSR count). The van der Waals surface area contributed by atoms with Crippen LogP contribution >= 0.6 is 34.5 Å². The van der Waals surface area contributed by atoms with Crippen molar-refractivity contribution in [3.8, 4) is 11.3 Å². The lowest BCUT2D eigenvalue weighted by Gasteiger charge is -2.09. The Kier molecular flexibility index (Phi) is 5.38. The van der Waals surface area contributed by atoms with Crippen LogP contribution in [0.15, 0.2) is 22.7 Å². The molecule has 0 atom stereocenters. The molecule has 0 saturated carbocycles. The second kappa shape index (κ2) is 7.82. The molecule has 9 heteroatoms. The number of amides is 1. The maximum Gasteiger partial charge on any atom is 0.341 e. The number of fused-ring (bicyclic) bond motifs is 1. The molecular formula is C20H16Cl2N2O4S. The van der Waals surface area contributed by atoms with Gasteiger partial charge in [-0.05, 0) is 43.9 Å². The maximum absolute atomic E-state index is 13.2. The van der Waals surface area contributed by atoms with Crippen molar-refractivity contribution in [3.63, 3.8) is 0 Å². The largest absolute Gasteiger partial charge is 0.465 e. The summed E-state index contributed by atoms with van der Waals surface area (Å²) in [5, 5.41) is 8.01. The number of thiophene rings is 1. The van der Waals surface area contributed by atoms with E-state index in [9.17, 15) is 9.59 Å². The minimum atomic E-state index is -0.462. The number of rotatable bonds is 4. The Morgan fingerprint density at radius 2 is 1.93 bits per heavy atom. The molecule has 2 aromatic heterocycles. The van der Waals surface area contributed by atoms with Crippen molar-refractivity contribution in [3.05, 3.63) is 55.6 Å². The van der Waals surface area contributed by atoms with Crippen LogP contribution in [0.25, 0.3) is 11.3 Å². The molecule has 0 aliphatic heterocycles. The summed E-state index contributed by atoms with van der Waals surface area (Å²) in [6, 6.07) is 5.03. The smallest absolute Gasteiger partial charge is 0.341 e. The minimum Gasteiger partial charge on any atom is -0.465 e. The number of carbonyl (C=O) groups excluding carboxylic acids is 2. The van der Waals surface area contributed by atoms with Gasteiger partial charge in [0.1, 0.15) is 22.0 Å². The predicted molar refractivity (Wildman–Crippen MR) is 112 cm³/mol. The van der Waals surface area contributed by atoms with Gasteiger partial charge in [-0.15, -0.1) is 11.3 Å². The van der Waals surface area contributed by atoms with E-state index in [-0.39, 0.29) is 11.3 Å². The molecule has 0 bridgehead atoms. The van der Waals surface area contributed by atoms with E-state index in [2.05, 4.69) is 10.5 Å². The number of carbonyl (C=O) groups is 2. The average molecular weight is 451 g/mol. The van der Waals surface area contributed by atoms with E-state index in [1.807, 2.05) is 0 Å². The number of hydrogen-bond donors (Lipinski definition) is 1. The van der Waals surface area contributed by atoms with Gasteiger partial charge in [0.2, 0.25) is 0 Å². The van der Waals surface area contributed by atoms with Crippen molar-refractivity contribution in [2.75, 3.05) is 12.4 Å². The fraction of sp³-hybridized carbons (Fsp3) is 0.250. The van der Waals surface area contributed by atoms with Crippen LogP contribution in [0.4, 0.5) is 5.00 Å². The molecule has 3 aromatic rings. The first-order valence-electron chi connectivity index (χ1n) is 8.87. The Hall–Kier alpha value is -2.35. The summed E-state index contributed by atoms with van der Waals surface area (Å²) < 4.78 is 10.2. The molecule has 0 spiro atoms. The highest BCUT2D eigenvalue weighted by Gasteiger charge is 2.30. The highest BCUT2D eigenvalue weighted by atomic mass is 35.5. The van der Waals surface area contributed by atoms with E-state index in [0.29, 0.717) is 31.9 Å². The van der Waals surface area contributed by atoms with E-state index >= 15 is 0 Å². The SMILES string of the molecule is COC(=O)c1c(NC(=O)c2c(-c3c(Cl)cccc3Cl)noc2C)sc2c1CCC2. The van der Waals surface area contributed by atoms with Gasteiger partial charge in [0, 0.05) is 10.4 Å². The van der Waals surface area contributed by atoms with Gasteiger partial charge in [0.15, 0.2) is 0 Å². The van der Waals surface area contributed by atoms with Crippen LogP contribution in [0.3, 0.4) is 0 Å². The van der Waals surface area contributed by atoms with Gasteiger partial charge in [-0.1, -0.05) is 34.4 Å². The van der Waals surface area contributed by atoms with Gasteiger partial charge in [-0.2, -0.15) is 0 Å². The van der Waals surface area contributed by atoms with Gasteiger partial charge >= 0.3 is 5.97 Å². The zero-order valence-corrected chi connectivity index (χ0v) is 17.9. The number of esters is 1. The first kappa shape index (κ1) is 19.9. The summed E-state index contributed by atoms with van der Waals surface area (Å²) in [7, 11) is 1.33. The summed E-state index contributed by atoms with van der Waals surface area (Å²) >= 11 is 14.0. The molecule has 1 aliphatic carbocycles. The number of ether oxygens (including phenoxy) is 1. The van der Waals surface area contributed by atoms with Crippen molar-refractivity contribution in [2.24, 2.45) is 0 Å². The Morgan fingerprint density at radius 3 is 2.62 bits per heavy atom. The monoisotopic (exact) mass is 450 g/mol. The van der Waals surface area contributed by atoms with Crippen LogP contribution in [-0.2, 0) is 17.6 Å². The molecule has 0 fully saturated rings. The van der Waals surface area contributed by atoms with Crippen LogP contribution in [0.5, 0.6) is 0 Å². The predicted octanol–water partition coefficient (Wildman–Crippen LogP) is 5.55. The lowest BCUT2D eigenvalue weighted by Crippen LogP contribution is -2.16. The van der Waals surface area contributed by atoms with Gasteiger partial charge in [-0.25, -0.2) is 4.79 Å². The van der Waals surface area contributed by atoms with E-state index in [0.717, 1.165) is 29.7 Å². The molecule has 1 N–H and O–H groups in total. The average Bonchev–Trinajstić information content (AvgIpc) is 3.35. The number of aromatic nitrogens is 1. The molecule has 0 unspecified atom stereocenters. The van der Waals surface area contributed by atoms with E-state index < -0.39 is 11.9 Å². The Balaban J connectivity index is 1.75. The van der Waals surface area contributed by atoms with Crippen molar-refractivity contribution in [1.29, 1.82) is 0 Å². The van der Waals surface area contributed by atoms with Gasteiger partial charge in [0.25, 0.3) is 5.91 Å².